The molecule has 1 atom stereocenters. The minimum absolute atomic E-state index is 0.124. The van der Waals surface area contributed by atoms with E-state index in [0.29, 0.717) is 10.0 Å². The summed E-state index contributed by atoms with van der Waals surface area (Å²) < 4.78 is 39.6. The van der Waals surface area contributed by atoms with Crippen molar-refractivity contribution < 1.29 is 18.3 Å². The Morgan fingerprint density at radius 2 is 1.55 bits per heavy atom. The smallest absolute Gasteiger partial charge is 0.126 e. The van der Waals surface area contributed by atoms with Crippen molar-refractivity contribution in [3.63, 3.8) is 0 Å². The third-order valence-corrected chi connectivity index (χ3v) is 3.60. The van der Waals surface area contributed by atoms with E-state index < -0.39 is 17.7 Å². The van der Waals surface area contributed by atoms with E-state index in [4.69, 9.17) is 0 Å². The molecule has 0 heterocycles. The van der Waals surface area contributed by atoms with E-state index in [9.17, 15) is 18.3 Å². The second-order valence-corrected chi connectivity index (χ2v) is 5.43. The number of hydrogen-bond acceptors (Lipinski definition) is 1. The standard InChI is InChI=1S/C15H12BrF3O/c16-15-8-11(17)2-1-10(15)6-14(20)5-9-3-12(18)7-13(19)4-9/h1-4,7-8,14,20H,5-6H2. The molecule has 0 saturated carbocycles. The number of aliphatic hydroxyl groups is 1. The van der Waals surface area contributed by atoms with Crippen molar-refractivity contribution in [2.24, 2.45) is 0 Å². The lowest BCUT2D eigenvalue weighted by Gasteiger charge is -2.12. The maximum atomic E-state index is 13.0. The number of aliphatic hydroxyl groups excluding tert-OH is 1. The highest BCUT2D eigenvalue weighted by Crippen LogP contribution is 2.21. The van der Waals surface area contributed by atoms with Gasteiger partial charge in [-0.3, -0.25) is 0 Å². The SMILES string of the molecule is OC(Cc1cc(F)cc(F)c1)Cc1ccc(F)cc1Br. The van der Waals surface area contributed by atoms with E-state index in [1.54, 1.807) is 6.07 Å². The molecule has 0 bridgehead atoms. The predicted molar refractivity (Wildman–Crippen MR) is 73.9 cm³/mol. The molecule has 0 aliphatic heterocycles. The fourth-order valence-corrected chi connectivity index (χ4v) is 2.53. The average Bonchev–Trinajstić information content (AvgIpc) is 2.31. The Morgan fingerprint density at radius 1 is 0.900 bits per heavy atom. The summed E-state index contributed by atoms with van der Waals surface area (Å²) in [5, 5.41) is 9.97. The maximum Gasteiger partial charge on any atom is 0.126 e. The molecule has 0 aliphatic carbocycles. The van der Waals surface area contributed by atoms with Crippen molar-refractivity contribution >= 4 is 15.9 Å². The summed E-state index contributed by atoms with van der Waals surface area (Å²) in [7, 11) is 0. The largest absolute Gasteiger partial charge is 0.392 e. The average molecular weight is 345 g/mol. The van der Waals surface area contributed by atoms with Crippen LogP contribution in [-0.2, 0) is 12.8 Å². The molecule has 20 heavy (non-hydrogen) atoms. The van der Waals surface area contributed by atoms with Crippen LogP contribution in [0.25, 0.3) is 0 Å². The van der Waals surface area contributed by atoms with Gasteiger partial charge in [0.15, 0.2) is 0 Å². The quantitative estimate of drug-likeness (QED) is 0.888. The fraction of sp³-hybridized carbons (Fsp3) is 0.200. The summed E-state index contributed by atoms with van der Waals surface area (Å²) >= 11 is 3.21. The molecule has 2 aromatic rings. The Bertz CT molecular complexity index is 596. The van der Waals surface area contributed by atoms with Crippen molar-refractivity contribution in [1.82, 2.24) is 0 Å². The lowest BCUT2D eigenvalue weighted by atomic mass is 10.0. The molecule has 2 rings (SSSR count). The topological polar surface area (TPSA) is 20.2 Å². The van der Waals surface area contributed by atoms with Crippen LogP contribution in [0.2, 0.25) is 0 Å². The predicted octanol–water partition coefficient (Wildman–Crippen LogP) is 4.01. The molecule has 1 nitrogen and oxygen atoms in total. The van der Waals surface area contributed by atoms with Crippen molar-refractivity contribution in [3.05, 3.63) is 69.4 Å². The number of rotatable bonds is 4. The van der Waals surface area contributed by atoms with E-state index >= 15 is 0 Å². The zero-order chi connectivity index (χ0) is 14.7. The van der Waals surface area contributed by atoms with Crippen LogP contribution in [0.5, 0.6) is 0 Å². The van der Waals surface area contributed by atoms with Crippen LogP contribution in [0.1, 0.15) is 11.1 Å². The van der Waals surface area contributed by atoms with Crippen LogP contribution in [0.3, 0.4) is 0 Å². The van der Waals surface area contributed by atoms with Crippen LogP contribution in [0, 0.1) is 17.5 Å². The van der Waals surface area contributed by atoms with Crippen molar-refractivity contribution in [2.75, 3.05) is 0 Å². The van der Waals surface area contributed by atoms with Crippen molar-refractivity contribution in [3.8, 4) is 0 Å². The summed E-state index contributed by atoms with van der Waals surface area (Å²) in [5.74, 6) is -1.72. The molecule has 0 radical (unpaired) electrons. The molecule has 106 valence electrons. The molecule has 0 aromatic heterocycles. The first kappa shape index (κ1) is 15.1. The van der Waals surface area contributed by atoms with Gasteiger partial charge in [-0.25, -0.2) is 13.2 Å². The third kappa shape index (κ3) is 4.08. The molecular weight excluding hydrogens is 333 g/mol. The molecule has 0 amide bonds. The Labute approximate surface area is 123 Å². The van der Waals surface area contributed by atoms with Gasteiger partial charge in [-0.15, -0.1) is 0 Å². The number of hydrogen-bond donors (Lipinski definition) is 1. The van der Waals surface area contributed by atoms with Crippen LogP contribution >= 0.6 is 15.9 Å². The van der Waals surface area contributed by atoms with Gasteiger partial charge in [0.1, 0.15) is 17.5 Å². The van der Waals surface area contributed by atoms with Crippen LogP contribution in [-0.4, -0.2) is 11.2 Å². The summed E-state index contributed by atoms with van der Waals surface area (Å²) in [4.78, 5) is 0. The fourth-order valence-electron chi connectivity index (χ4n) is 2.01. The van der Waals surface area contributed by atoms with Crippen molar-refractivity contribution in [2.45, 2.75) is 18.9 Å². The Hall–Kier alpha value is -1.33. The van der Waals surface area contributed by atoms with Crippen LogP contribution in [0.15, 0.2) is 40.9 Å². The molecule has 2 aromatic carbocycles. The summed E-state index contributed by atoms with van der Waals surface area (Å²) in [6.07, 6.45) is -0.421. The van der Waals surface area contributed by atoms with Gasteiger partial charge in [0.25, 0.3) is 0 Å². The number of benzene rings is 2. The monoisotopic (exact) mass is 344 g/mol. The lowest BCUT2D eigenvalue weighted by molar-refractivity contribution is 0.175. The molecule has 0 spiro atoms. The van der Waals surface area contributed by atoms with Gasteiger partial charge in [0, 0.05) is 10.5 Å². The minimum Gasteiger partial charge on any atom is -0.392 e. The van der Waals surface area contributed by atoms with E-state index in [0.717, 1.165) is 11.6 Å². The van der Waals surface area contributed by atoms with E-state index in [1.165, 1.54) is 24.3 Å². The Kier molecular flexibility index (Phi) is 4.83. The number of halogens is 4. The molecule has 1 unspecified atom stereocenters. The van der Waals surface area contributed by atoms with Crippen molar-refractivity contribution in [1.29, 1.82) is 0 Å². The van der Waals surface area contributed by atoms with Gasteiger partial charge in [0.05, 0.1) is 6.10 Å². The van der Waals surface area contributed by atoms with Gasteiger partial charge in [-0.2, -0.15) is 0 Å². The molecule has 0 fully saturated rings. The first-order valence-electron chi connectivity index (χ1n) is 6.01. The first-order chi connectivity index (χ1) is 9.44. The van der Waals surface area contributed by atoms with Crippen LogP contribution < -0.4 is 0 Å². The molecule has 0 aliphatic rings. The Balaban J connectivity index is 2.06. The second-order valence-electron chi connectivity index (χ2n) is 4.58. The lowest BCUT2D eigenvalue weighted by Crippen LogP contribution is -2.14. The van der Waals surface area contributed by atoms with Gasteiger partial charge in [-0.1, -0.05) is 22.0 Å². The molecule has 1 N–H and O–H groups in total. The van der Waals surface area contributed by atoms with Gasteiger partial charge in [-0.05, 0) is 48.2 Å². The van der Waals surface area contributed by atoms with E-state index in [1.807, 2.05) is 0 Å². The zero-order valence-corrected chi connectivity index (χ0v) is 12.0. The summed E-state index contributed by atoms with van der Waals surface area (Å²) in [6, 6.07) is 7.33. The highest BCUT2D eigenvalue weighted by atomic mass is 79.9. The second kappa shape index (κ2) is 6.41. The normalized spacial score (nSPS) is 12.4. The van der Waals surface area contributed by atoms with E-state index in [-0.39, 0.29) is 18.7 Å². The van der Waals surface area contributed by atoms with Crippen LogP contribution in [0.4, 0.5) is 13.2 Å². The Morgan fingerprint density at radius 3 is 2.15 bits per heavy atom. The van der Waals surface area contributed by atoms with Gasteiger partial charge < -0.3 is 5.11 Å². The van der Waals surface area contributed by atoms with E-state index in [2.05, 4.69) is 15.9 Å². The zero-order valence-electron chi connectivity index (χ0n) is 10.4. The van der Waals surface area contributed by atoms with Gasteiger partial charge >= 0.3 is 0 Å². The minimum atomic E-state index is -0.807. The summed E-state index contributed by atoms with van der Waals surface area (Å²) in [6.45, 7) is 0. The first-order valence-corrected chi connectivity index (χ1v) is 6.80. The van der Waals surface area contributed by atoms with Gasteiger partial charge in [0.2, 0.25) is 0 Å². The third-order valence-electron chi connectivity index (χ3n) is 2.86. The maximum absolute atomic E-state index is 13.0. The molecular formula is C15H12BrF3O. The molecule has 5 heteroatoms. The highest BCUT2D eigenvalue weighted by molar-refractivity contribution is 9.10. The highest BCUT2D eigenvalue weighted by Gasteiger charge is 2.11. The molecule has 0 saturated heterocycles. The summed E-state index contributed by atoms with van der Waals surface area (Å²) in [5.41, 5.74) is 1.11.